The van der Waals surface area contributed by atoms with Gasteiger partial charge in [-0.3, -0.25) is 9.59 Å². The van der Waals surface area contributed by atoms with Crippen LogP contribution in [0.15, 0.2) is 60.7 Å². The number of anilines is 1. The molecule has 1 aliphatic carbocycles. The van der Waals surface area contributed by atoms with Crippen LogP contribution in [0.25, 0.3) is 11.1 Å². The van der Waals surface area contributed by atoms with Gasteiger partial charge in [0.1, 0.15) is 0 Å². The number of hydrogen-bond donors (Lipinski definition) is 1. The van der Waals surface area contributed by atoms with Crippen LogP contribution in [0.4, 0.5) is 5.69 Å². The molecule has 3 heteroatoms. The standard InChI is InChI=1S/C24H21NO2/c1-15-8-9-18(16(2)14-15)24(27)25-21-12-10-19(17-6-4-3-5-7-17)20-11-13-22(26)23(20)21/h3-10,12,14H,11,13H2,1-2H3,(H,25,27). The van der Waals surface area contributed by atoms with E-state index >= 15 is 0 Å². The van der Waals surface area contributed by atoms with Gasteiger partial charge in [0.25, 0.3) is 5.91 Å². The molecule has 0 bridgehead atoms. The second kappa shape index (κ2) is 6.84. The first kappa shape index (κ1) is 17.2. The van der Waals surface area contributed by atoms with E-state index in [2.05, 4.69) is 5.32 Å². The van der Waals surface area contributed by atoms with Crippen molar-refractivity contribution in [3.63, 3.8) is 0 Å². The zero-order valence-electron chi connectivity index (χ0n) is 15.5. The summed E-state index contributed by atoms with van der Waals surface area (Å²) in [6.07, 6.45) is 1.21. The molecule has 0 spiro atoms. The lowest BCUT2D eigenvalue weighted by Crippen LogP contribution is -2.15. The minimum atomic E-state index is -0.179. The van der Waals surface area contributed by atoms with E-state index in [9.17, 15) is 9.59 Å². The fourth-order valence-electron chi connectivity index (χ4n) is 3.84. The molecule has 0 heterocycles. The van der Waals surface area contributed by atoms with Gasteiger partial charge in [0.15, 0.2) is 5.78 Å². The minimum Gasteiger partial charge on any atom is -0.321 e. The highest BCUT2D eigenvalue weighted by Gasteiger charge is 2.27. The highest BCUT2D eigenvalue weighted by Crippen LogP contribution is 2.37. The number of amides is 1. The number of hydrogen-bond acceptors (Lipinski definition) is 2. The van der Waals surface area contributed by atoms with E-state index in [1.807, 2.05) is 74.5 Å². The fourth-order valence-corrected chi connectivity index (χ4v) is 3.84. The number of benzene rings is 3. The van der Waals surface area contributed by atoms with Crippen LogP contribution >= 0.6 is 0 Å². The molecule has 0 saturated heterocycles. The molecule has 0 radical (unpaired) electrons. The van der Waals surface area contributed by atoms with Gasteiger partial charge in [-0.25, -0.2) is 0 Å². The van der Waals surface area contributed by atoms with E-state index in [0.717, 1.165) is 27.8 Å². The Labute approximate surface area is 159 Å². The Morgan fingerprint density at radius 2 is 1.70 bits per heavy atom. The second-order valence-electron chi connectivity index (χ2n) is 7.08. The topological polar surface area (TPSA) is 46.2 Å². The normalized spacial score (nSPS) is 12.7. The van der Waals surface area contributed by atoms with Crippen LogP contribution in [0.2, 0.25) is 0 Å². The van der Waals surface area contributed by atoms with Crippen LogP contribution in [0, 0.1) is 13.8 Å². The number of nitrogens with one attached hydrogen (secondary N) is 1. The summed E-state index contributed by atoms with van der Waals surface area (Å²) in [5, 5.41) is 2.97. The Morgan fingerprint density at radius 3 is 2.44 bits per heavy atom. The Hall–Kier alpha value is -3.20. The van der Waals surface area contributed by atoms with Gasteiger partial charge in [-0.05, 0) is 54.7 Å². The number of Topliss-reactive ketones (excluding diaryl/α,β-unsaturated/α-hetero) is 1. The van der Waals surface area contributed by atoms with Crippen LogP contribution in [0.5, 0.6) is 0 Å². The third-order valence-corrected chi connectivity index (χ3v) is 5.15. The van der Waals surface area contributed by atoms with Crippen molar-refractivity contribution in [2.45, 2.75) is 26.7 Å². The van der Waals surface area contributed by atoms with E-state index in [4.69, 9.17) is 0 Å². The van der Waals surface area contributed by atoms with Gasteiger partial charge in [-0.2, -0.15) is 0 Å². The zero-order valence-corrected chi connectivity index (χ0v) is 15.5. The molecular formula is C24H21NO2. The Kier molecular flexibility index (Phi) is 4.36. The Balaban J connectivity index is 1.73. The third kappa shape index (κ3) is 3.17. The van der Waals surface area contributed by atoms with Crippen molar-refractivity contribution in [2.24, 2.45) is 0 Å². The summed E-state index contributed by atoms with van der Waals surface area (Å²) >= 11 is 0. The highest BCUT2D eigenvalue weighted by molar-refractivity contribution is 6.12. The number of fused-ring (bicyclic) bond motifs is 1. The molecule has 3 aromatic rings. The van der Waals surface area contributed by atoms with E-state index < -0.39 is 0 Å². The van der Waals surface area contributed by atoms with Gasteiger partial charge < -0.3 is 5.32 Å². The lowest BCUT2D eigenvalue weighted by atomic mass is 9.95. The van der Waals surface area contributed by atoms with Crippen molar-refractivity contribution in [2.75, 3.05) is 5.32 Å². The van der Waals surface area contributed by atoms with Crippen molar-refractivity contribution in [1.82, 2.24) is 0 Å². The number of aryl methyl sites for hydroxylation is 2. The van der Waals surface area contributed by atoms with Gasteiger partial charge in [-0.1, -0.05) is 54.1 Å². The lowest BCUT2D eigenvalue weighted by molar-refractivity contribution is 0.0995. The number of carbonyl (C=O) groups is 2. The van der Waals surface area contributed by atoms with Gasteiger partial charge in [0.2, 0.25) is 0 Å². The van der Waals surface area contributed by atoms with Crippen LogP contribution in [0.3, 0.4) is 0 Å². The monoisotopic (exact) mass is 355 g/mol. The Bertz CT molecular complexity index is 1050. The van der Waals surface area contributed by atoms with Crippen molar-refractivity contribution < 1.29 is 9.59 Å². The van der Waals surface area contributed by atoms with Crippen molar-refractivity contribution in [3.8, 4) is 11.1 Å². The van der Waals surface area contributed by atoms with Crippen LogP contribution in [0.1, 0.15) is 43.8 Å². The largest absolute Gasteiger partial charge is 0.321 e. The summed E-state index contributed by atoms with van der Waals surface area (Å²) in [7, 11) is 0. The molecule has 0 saturated carbocycles. The maximum Gasteiger partial charge on any atom is 0.255 e. The molecule has 4 rings (SSSR count). The maximum absolute atomic E-state index is 12.8. The van der Waals surface area contributed by atoms with Crippen LogP contribution in [-0.2, 0) is 6.42 Å². The molecule has 1 aliphatic rings. The Morgan fingerprint density at radius 1 is 0.926 bits per heavy atom. The molecule has 1 N–H and O–H groups in total. The molecular weight excluding hydrogens is 334 g/mol. The van der Waals surface area contributed by atoms with Crippen LogP contribution in [-0.4, -0.2) is 11.7 Å². The second-order valence-corrected chi connectivity index (χ2v) is 7.08. The molecule has 0 atom stereocenters. The summed E-state index contributed by atoms with van der Waals surface area (Å²) < 4.78 is 0. The number of carbonyl (C=O) groups excluding carboxylic acids is 2. The first-order valence-electron chi connectivity index (χ1n) is 9.17. The van der Waals surface area contributed by atoms with Crippen molar-refractivity contribution in [3.05, 3.63) is 88.5 Å². The SMILES string of the molecule is Cc1ccc(C(=O)Nc2ccc(-c3ccccc3)c3c2C(=O)CC3)c(C)c1. The molecule has 0 aliphatic heterocycles. The average molecular weight is 355 g/mol. The molecule has 134 valence electrons. The predicted molar refractivity (Wildman–Crippen MR) is 108 cm³/mol. The summed E-state index contributed by atoms with van der Waals surface area (Å²) in [5.74, 6) is -0.0828. The van der Waals surface area contributed by atoms with E-state index in [1.165, 1.54) is 0 Å². The molecule has 0 fully saturated rings. The lowest BCUT2D eigenvalue weighted by Gasteiger charge is -2.14. The smallest absolute Gasteiger partial charge is 0.255 e. The fraction of sp³-hybridized carbons (Fsp3) is 0.167. The van der Waals surface area contributed by atoms with Gasteiger partial charge in [0, 0.05) is 17.5 Å². The van der Waals surface area contributed by atoms with Crippen molar-refractivity contribution in [1.29, 1.82) is 0 Å². The van der Waals surface area contributed by atoms with E-state index in [0.29, 0.717) is 29.7 Å². The minimum absolute atomic E-state index is 0.0960. The zero-order chi connectivity index (χ0) is 19.0. The van der Waals surface area contributed by atoms with Gasteiger partial charge in [-0.15, -0.1) is 0 Å². The van der Waals surface area contributed by atoms with Gasteiger partial charge >= 0.3 is 0 Å². The summed E-state index contributed by atoms with van der Waals surface area (Å²) in [4.78, 5) is 25.3. The summed E-state index contributed by atoms with van der Waals surface area (Å²) in [5.41, 5.74) is 7.14. The van der Waals surface area contributed by atoms with Crippen molar-refractivity contribution >= 4 is 17.4 Å². The van der Waals surface area contributed by atoms with E-state index in [1.54, 1.807) is 0 Å². The first-order valence-corrected chi connectivity index (χ1v) is 9.17. The molecule has 1 amide bonds. The quantitative estimate of drug-likeness (QED) is 0.688. The first-order chi connectivity index (χ1) is 13.0. The number of rotatable bonds is 3. The maximum atomic E-state index is 12.8. The van der Waals surface area contributed by atoms with Crippen LogP contribution < -0.4 is 5.32 Å². The molecule has 0 unspecified atom stereocenters. The molecule has 3 nitrogen and oxygen atoms in total. The summed E-state index contributed by atoms with van der Waals surface area (Å²) in [6.45, 7) is 3.93. The van der Waals surface area contributed by atoms with E-state index in [-0.39, 0.29) is 11.7 Å². The number of ketones is 1. The molecule has 0 aromatic heterocycles. The highest BCUT2D eigenvalue weighted by atomic mass is 16.2. The summed E-state index contributed by atoms with van der Waals surface area (Å²) in [6, 6.07) is 19.7. The molecule has 27 heavy (non-hydrogen) atoms. The predicted octanol–water partition coefficient (Wildman–Crippen LogP) is 5.35. The average Bonchev–Trinajstić information content (AvgIpc) is 3.05. The van der Waals surface area contributed by atoms with Gasteiger partial charge in [0.05, 0.1) is 5.69 Å². The third-order valence-electron chi connectivity index (χ3n) is 5.15. The molecule has 3 aromatic carbocycles.